The van der Waals surface area contributed by atoms with E-state index in [0.717, 1.165) is 30.8 Å². The van der Waals surface area contributed by atoms with E-state index in [0.29, 0.717) is 54.5 Å². The molecule has 212 valence electrons. The average Bonchev–Trinajstić information content (AvgIpc) is 3.78. The Labute approximate surface area is 229 Å². The summed E-state index contributed by atoms with van der Waals surface area (Å²) in [5.74, 6) is 1.15. The van der Waals surface area contributed by atoms with Crippen molar-refractivity contribution in [1.29, 1.82) is 0 Å². The minimum absolute atomic E-state index is 0.0299. The van der Waals surface area contributed by atoms with Gasteiger partial charge in [-0.3, -0.25) is 4.79 Å². The Hall–Kier alpha value is -3.89. The molecule has 0 amide bonds. The molecule has 2 aliphatic carbocycles. The summed E-state index contributed by atoms with van der Waals surface area (Å²) in [5, 5.41) is 9.32. The highest BCUT2D eigenvalue weighted by atomic mass is 19.4. The number of methoxy groups -OCH3 is 1. The second kappa shape index (κ2) is 11.7. The standard InChI is InChI=1S/C29H30F3N3O5/c1-38-22-8-9-23(28-34-15-19(16-35-28)29(30,31)32)25(13-22)39-20-4-6-21(7-5-20)40-26-12-18(10-11-33-26)24(14-27(36)37)17-2-3-17/h8-13,15-17,20-21,24H,2-7,14H2,1H3,(H,36,37). The van der Waals surface area contributed by atoms with Gasteiger partial charge in [0, 0.05) is 30.7 Å². The van der Waals surface area contributed by atoms with E-state index in [1.54, 1.807) is 24.4 Å². The summed E-state index contributed by atoms with van der Waals surface area (Å²) in [6, 6.07) is 8.77. The topological polar surface area (TPSA) is 104 Å². The van der Waals surface area contributed by atoms with Gasteiger partial charge in [0.1, 0.15) is 17.6 Å². The minimum Gasteiger partial charge on any atom is -0.497 e. The Morgan fingerprint density at radius 2 is 1.65 bits per heavy atom. The van der Waals surface area contributed by atoms with E-state index in [1.807, 2.05) is 12.1 Å². The van der Waals surface area contributed by atoms with Crippen LogP contribution < -0.4 is 14.2 Å². The van der Waals surface area contributed by atoms with Crippen molar-refractivity contribution in [2.75, 3.05) is 7.11 Å². The largest absolute Gasteiger partial charge is 0.497 e. The second-order valence-corrected chi connectivity index (χ2v) is 10.3. The number of rotatable bonds is 10. The average molecular weight is 558 g/mol. The van der Waals surface area contributed by atoms with Gasteiger partial charge in [0.2, 0.25) is 5.88 Å². The van der Waals surface area contributed by atoms with E-state index in [9.17, 15) is 23.1 Å². The Balaban J connectivity index is 1.23. The fraction of sp³-hybridized carbons (Fsp3) is 0.448. The van der Waals surface area contributed by atoms with Gasteiger partial charge in [0.15, 0.2) is 5.82 Å². The maximum Gasteiger partial charge on any atom is 0.419 e. The van der Waals surface area contributed by atoms with E-state index < -0.39 is 17.7 Å². The van der Waals surface area contributed by atoms with Crippen LogP contribution in [-0.4, -0.2) is 45.3 Å². The number of hydrogen-bond donors (Lipinski definition) is 1. The first kappa shape index (κ1) is 27.7. The minimum atomic E-state index is -4.52. The molecular weight excluding hydrogens is 527 g/mol. The van der Waals surface area contributed by atoms with Crippen molar-refractivity contribution in [2.24, 2.45) is 5.92 Å². The predicted molar refractivity (Wildman–Crippen MR) is 138 cm³/mol. The molecule has 1 aromatic carbocycles. The van der Waals surface area contributed by atoms with Crippen LogP contribution in [0.15, 0.2) is 48.9 Å². The number of carboxylic acids is 1. The zero-order valence-corrected chi connectivity index (χ0v) is 21.9. The number of nitrogens with zero attached hydrogens (tertiary/aromatic N) is 3. The van der Waals surface area contributed by atoms with E-state index in [4.69, 9.17) is 14.2 Å². The van der Waals surface area contributed by atoms with Crippen LogP contribution in [0.1, 0.15) is 62.0 Å². The first-order valence-electron chi connectivity index (χ1n) is 13.3. The number of alkyl halides is 3. The van der Waals surface area contributed by atoms with E-state index >= 15 is 0 Å². The lowest BCUT2D eigenvalue weighted by Gasteiger charge is -2.30. The summed E-state index contributed by atoms with van der Waals surface area (Å²) in [6.45, 7) is 0. The summed E-state index contributed by atoms with van der Waals surface area (Å²) in [5.41, 5.74) is 0.499. The Kier molecular flexibility index (Phi) is 8.09. The zero-order chi connectivity index (χ0) is 28.3. The predicted octanol–water partition coefficient (Wildman–Crippen LogP) is 6.30. The van der Waals surface area contributed by atoms with E-state index in [1.165, 1.54) is 7.11 Å². The Morgan fingerprint density at radius 1 is 0.975 bits per heavy atom. The van der Waals surface area contributed by atoms with E-state index in [2.05, 4.69) is 15.0 Å². The smallest absolute Gasteiger partial charge is 0.419 e. The molecule has 0 aliphatic heterocycles. The first-order valence-corrected chi connectivity index (χ1v) is 13.3. The van der Waals surface area contributed by atoms with Crippen LogP contribution in [0.3, 0.4) is 0 Å². The molecule has 2 fully saturated rings. The molecule has 2 saturated carbocycles. The molecule has 3 aromatic rings. The maximum absolute atomic E-state index is 13.0. The number of halogens is 3. The molecule has 2 heterocycles. The second-order valence-electron chi connectivity index (χ2n) is 10.3. The molecule has 0 spiro atoms. The molecular formula is C29H30F3N3O5. The molecule has 1 N–H and O–H groups in total. The third-order valence-corrected chi connectivity index (χ3v) is 7.38. The first-order chi connectivity index (χ1) is 19.2. The van der Waals surface area contributed by atoms with Crippen molar-refractivity contribution >= 4 is 5.97 Å². The van der Waals surface area contributed by atoms with Crippen LogP contribution >= 0.6 is 0 Å². The summed E-state index contributed by atoms with van der Waals surface area (Å²) >= 11 is 0. The van der Waals surface area contributed by atoms with Crippen molar-refractivity contribution in [3.05, 3.63) is 60.0 Å². The molecule has 2 aromatic heterocycles. The van der Waals surface area contributed by atoms with Gasteiger partial charge in [-0.1, -0.05) is 0 Å². The maximum atomic E-state index is 13.0. The van der Waals surface area contributed by atoms with Gasteiger partial charge >= 0.3 is 12.1 Å². The molecule has 0 bridgehead atoms. The Morgan fingerprint density at radius 3 is 2.25 bits per heavy atom. The summed E-state index contributed by atoms with van der Waals surface area (Å²) in [6.07, 6.45) is 3.46. The summed E-state index contributed by atoms with van der Waals surface area (Å²) in [7, 11) is 1.52. The van der Waals surface area contributed by atoms with Gasteiger partial charge in [-0.05, 0) is 74.1 Å². The third-order valence-electron chi connectivity index (χ3n) is 7.38. The lowest BCUT2D eigenvalue weighted by molar-refractivity contribution is -0.138. The van der Waals surface area contributed by atoms with Crippen molar-refractivity contribution < 1.29 is 37.3 Å². The number of aliphatic carboxylic acids is 1. The van der Waals surface area contributed by atoms with Crippen LogP contribution in [0.25, 0.3) is 11.4 Å². The highest BCUT2D eigenvalue weighted by Gasteiger charge is 2.34. The number of ether oxygens (including phenoxy) is 3. The fourth-order valence-corrected chi connectivity index (χ4v) is 5.11. The SMILES string of the molecule is COc1ccc(-c2ncc(C(F)(F)F)cn2)c(OC2CCC(Oc3cc(C(CC(=O)O)C4CC4)ccn3)CC2)c1. The van der Waals surface area contributed by atoms with E-state index in [-0.39, 0.29) is 30.4 Å². The molecule has 11 heteroatoms. The summed E-state index contributed by atoms with van der Waals surface area (Å²) < 4.78 is 56.7. The molecule has 1 unspecified atom stereocenters. The van der Waals surface area contributed by atoms with Gasteiger partial charge in [-0.15, -0.1) is 0 Å². The fourth-order valence-electron chi connectivity index (χ4n) is 5.11. The normalized spacial score (nSPS) is 20.0. The molecule has 8 nitrogen and oxygen atoms in total. The van der Waals surface area contributed by atoms with Gasteiger partial charge in [0.25, 0.3) is 0 Å². The van der Waals surface area contributed by atoms with Crippen LogP contribution in [0.2, 0.25) is 0 Å². The monoisotopic (exact) mass is 557 g/mol. The zero-order valence-electron chi connectivity index (χ0n) is 21.9. The number of benzene rings is 1. The molecule has 0 saturated heterocycles. The highest BCUT2D eigenvalue weighted by Crippen LogP contribution is 2.45. The molecule has 1 atom stereocenters. The quantitative estimate of drug-likeness (QED) is 0.310. The van der Waals surface area contributed by atoms with Crippen LogP contribution in [0.5, 0.6) is 17.4 Å². The van der Waals surface area contributed by atoms with Crippen molar-refractivity contribution in [1.82, 2.24) is 15.0 Å². The number of pyridine rings is 1. The highest BCUT2D eigenvalue weighted by molar-refractivity contribution is 5.68. The lowest BCUT2D eigenvalue weighted by Crippen LogP contribution is -2.30. The van der Waals surface area contributed by atoms with Gasteiger partial charge in [0.05, 0.1) is 30.8 Å². The van der Waals surface area contributed by atoms with Gasteiger partial charge in [-0.25, -0.2) is 15.0 Å². The van der Waals surface area contributed by atoms with Gasteiger partial charge in [-0.2, -0.15) is 13.2 Å². The van der Waals surface area contributed by atoms with Gasteiger partial charge < -0.3 is 19.3 Å². The number of aromatic nitrogens is 3. The lowest BCUT2D eigenvalue weighted by atomic mass is 9.91. The molecule has 40 heavy (non-hydrogen) atoms. The number of carboxylic acid groups (broad SMARTS) is 1. The van der Waals surface area contributed by atoms with Crippen molar-refractivity contribution in [2.45, 2.75) is 69.2 Å². The molecule has 0 radical (unpaired) electrons. The van der Waals surface area contributed by atoms with Crippen molar-refractivity contribution in [3.8, 4) is 28.8 Å². The number of carbonyl (C=O) groups is 1. The van der Waals surface area contributed by atoms with Crippen LogP contribution in [0.4, 0.5) is 13.2 Å². The van der Waals surface area contributed by atoms with Crippen LogP contribution in [0, 0.1) is 5.92 Å². The van der Waals surface area contributed by atoms with Crippen molar-refractivity contribution in [3.63, 3.8) is 0 Å². The summed E-state index contributed by atoms with van der Waals surface area (Å²) in [4.78, 5) is 23.5. The Bertz CT molecular complexity index is 1320. The third kappa shape index (κ3) is 6.81. The van der Waals surface area contributed by atoms with Crippen LogP contribution in [-0.2, 0) is 11.0 Å². The molecule has 2 aliphatic rings. The number of hydrogen-bond acceptors (Lipinski definition) is 7. The molecule has 5 rings (SSSR count).